The van der Waals surface area contributed by atoms with Crippen molar-refractivity contribution in [3.8, 4) is 0 Å². The lowest BCUT2D eigenvalue weighted by molar-refractivity contribution is -0.137. The lowest BCUT2D eigenvalue weighted by Gasteiger charge is -2.25. The first-order chi connectivity index (χ1) is 14.5. The van der Waals surface area contributed by atoms with Gasteiger partial charge in [-0.05, 0) is 43.4 Å². The van der Waals surface area contributed by atoms with E-state index in [0.29, 0.717) is 5.82 Å². The number of rotatable bonds is 7. The third kappa shape index (κ3) is 4.17. The maximum atomic E-state index is 11.6. The number of aromatic nitrogens is 5. The van der Waals surface area contributed by atoms with Crippen molar-refractivity contribution in [3.63, 3.8) is 0 Å². The number of hydrogen-bond acceptors (Lipinski definition) is 6. The predicted molar refractivity (Wildman–Crippen MR) is 112 cm³/mol. The standard InChI is InChI=1S/C22H26N6O2/c1-3-5-16-13-28(19(10-20(29)30)17-11-24-14(2)25-12-17)27-21(16)18-8-7-15-6-4-9-23-22(15)26-18/h4,6,9,11-13,18-19H,3,5,7-8,10H2,1-2H3,(H,23,26)(H,29,30). The van der Waals surface area contributed by atoms with Gasteiger partial charge in [0.25, 0.3) is 0 Å². The zero-order valence-electron chi connectivity index (χ0n) is 17.2. The zero-order chi connectivity index (χ0) is 21.1. The van der Waals surface area contributed by atoms with Crippen LogP contribution in [-0.2, 0) is 17.6 Å². The molecule has 0 aliphatic carbocycles. The van der Waals surface area contributed by atoms with Crippen molar-refractivity contribution in [2.24, 2.45) is 0 Å². The van der Waals surface area contributed by atoms with Gasteiger partial charge in [0, 0.05) is 30.4 Å². The van der Waals surface area contributed by atoms with Crippen molar-refractivity contribution >= 4 is 11.8 Å². The van der Waals surface area contributed by atoms with E-state index in [9.17, 15) is 9.90 Å². The number of aliphatic carboxylic acids is 1. The number of aryl methyl sites for hydroxylation is 3. The van der Waals surface area contributed by atoms with Gasteiger partial charge in [0.05, 0.1) is 24.2 Å². The Kier molecular flexibility index (Phi) is 5.74. The van der Waals surface area contributed by atoms with Crippen LogP contribution in [0.25, 0.3) is 0 Å². The van der Waals surface area contributed by atoms with Crippen LogP contribution < -0.4 is 5.32 Å². The van der Waals surface area contributed by atoms with Gasteiger partial charge in [-0.25, -0.2) is 15.0 Å². The second kappa shape index (κ2) is 8.61. The fraction of sp³-hybridized carbons (Fsp3) is 0.409. The van der Waals surface area contributed by atoms with E-state index in [1.165, 1.54) is 5.56 Å². The van der Waals surface area contributed by atoms with Crippen molar-refractivity contribution in [1.29, 1.82) is 0 Å². The molecule has 0 spiro atoms. The Morgan fingerprint density at radius 1 is 1.33 bits per heavy atom. The molecule has 30 heavy (non-hydrogen) atoms. The molecule has 3 aromatic heterocycles. The summed E-state index contributed by atoms with van der Waals surface area (Å²) in [6.45, 7) is 3.94. The molecule has 0 saturated heterocycles. The first-order valence-electron chi connectivity index (χ1n) is 10.3. The molecule has 3 aromatic rings. The molecule has 4 rings (SSSR count). The Hall–Kier alpha value is -3.29. The Morgan fingerprint density at radius 2 is 2.13 bits per heavy atom. The number of fused-ring (bicyclic) bond motifs is 1. The van der Waals surface area contributed by atoms with Gasteiger partial charge in [0.1, 0.15) is 11.6 Å². The summed E-state index contributed by atoms with van der Waals surface area (Å²) in [7, 11) is 0. The average molecular weight is 406 g/mol. The minimum absolute atomic E-state index is 0.0509. The first kappa shape index (κ1) is 20.0. The largest absolute Gasteiger partial charge is 0.481 e. The van der Waals surface area contributed by atoms with E-state index >= 15 is 0 Å². The minimum Gasteiger partial charge on any atom is -0.481 e. The minimum atomic E-state index is -0.886. The normalized spacial score (nSPS) is 16.5. The van der Waals surface area contributed by atoms with Gasteiger partial charge < -0.3 is 10.4 Å². The number of hydrogen-bond donors (Lipinski definition) is 2. The average Bonchev–Trinajstić information content (AvgIpc) is 3.16. The van der Waals surface area contributed by atoms with Gasteiger partial charge in [0.2, 0.25) is 0 Å². The zero-order valence-corrected chi connectivity index (χ0v) is 17.2. The highest BCUT2D eigenvalue weighted by Crippen LogP contribution is 2.33. The smallest absolute Gasteiger partial charge is 0.305 e. The summed E-state index contributed by atoms with van der Waals surface area (Å²) in [4.78, 5) is 24.5. The van der Waals surface area contributed by atoms with Gasteiger partial charge in [-0.3, -0.25) is 9.48 Å². The Balaban J connectivity index is 1.70. The van der Waals surface area contributed by atoms with E-state index in [-0.39, 0.29) is 12.5 Å². The van der Waals surface area contributed by atoms with Crippen molar-refractivity contribution in [2.45, 2.75) is 58.0 Å². The topological polar surface area (TPSA) is 106 Å². The molecule has 0 amide bonds. The van der Waals surface area contributed by atoms with Crippen LogP contribution >= 0.6 is 0 Å². The first-order valence-corrected chi connectivity index (χ1v) is 10.3. The van der Waals surface area contributed by atoms with Crippen molar-refractivity contribution in [2.75, 3.05) is 5.32 Å². The van der Waals surface area contributed by atoms with Crippen molar-refractivity contribution in [1.82, 2.24) is 24.7 Å². The highest BCUT2D eigenvalue weighted by molar-refractivity contribution is 5.68. The molecule has 2 unspecified atom stereocenters. The highest BCUT2D eigenvalue weighted by atomic mass is 16.4. The lowest BCUT2D eigenvalue weighted by Crippen LogP contribution is -2.21. The van der Waals surface area contributed by atoms with Crippen molar-refractivity contribution < 1.29 is 9.90 Å². The van der Waals surface area contributed by atoms with E-state index in [0.717, 1.165) is 48.3 Å². The summed E-state index contributed by atoms with van der Waals surface area (Å²) in [5.41, 5.74) is 4.06. The molecule has 1 aliphatic rings. The van der Waals surface area contributed by atoms with Crippen LogP contribution in [0.2, 0.25) is 0 Å². The molecule has 2 N–H and O–H groups in total. The van der Waals surface area contributed by atoms with Gasteiger partial charge in [-0.1, -0.05) is 19.4 Å². The molecule has 1 aliphatic heterocycles. The summed E-state index contributed by atoms with van der Waals surface area (Å²) in [5, 5.41) is 17.9. The molecule has 0 saturated carbocycles. The maximum absolute atomic E-state index is 11.6. The third-order valence-electron chi connectivity index (χ3n) is 5.47. The van der Waals surface area contributed by atoms with Crippen molar-refractivity contribution in [3.05, 3.63) is 65.1 Å². The Labute approximate surface area is 175 Å². The second-order valence-electron chi connectivity index (χ2n) is 7.69. The molecule has 8 nitrogen and oxygen atoms in total. The summed E-state index contributed by atoms with van der Waals surface area (Å²) >= 11 is 0. The molecular weight excluding hydrogens is 380 g/mol. The fourth-order valence-corrected chi connectivity index (χ4v) is 3.97. The Bertz CT molecular complexity index is 1030. The van der Waals surface area contributed by atoms with Crippen LogP contribution in [0.5, 0.6) is 0 Å². The van der Waals surface area contributed by atoms with Gasteiger partial charge in [-0.15, -0.1) is 0 Å². The number of nitrogens with zero attached hydrogens (tertiary/aromatic N) is 5. The molecular formula is C22H26N6O2. The molecule has 2 atom stereocenters. The van der Waals surface area contributed by atoms with Crippen LogP contribution in [-0.4, -0.2) is 35.8 Å². The number of nitrogens with one attached hydrogen (secondary N) is 1. The second-order valence-corrected chi connectivity index (χ2v) is 7.69. The van der Waals surface area contributed by atoms with Crippen LogP contribution in [0, 0.1) is 6.92 Å². The number of carboxylic acids is 1. The summed E-state index contributed by atoms with van der Waals surface area (Å²) < 4.78 is 1.78. The number of pyridine rings is 1. The van der Waals surface area contributed by atoms with Crippen LogP contribution in [0.1, 0.15) is 66.5 Å². The van der Waals surface area contributed by atoms with Gasteiger partial charge in [0.15, 0.2) is 0 Å². The third-order valence-corrected chi connectivity index (χ3v) is 5.47. The molecule has 8 heteroatoms. The summed E-state index contributed by atoms with van der Waals surface area (Å²) in [6, 6.07) is 3.65. The maximum Gasteiger partial charge on any atom is 0.305 e. The van der Waals surface area contributed by atoms with Crippen LogP contribution in [0.4, 0.5) is 5.82 Å². The van der Waals surface area contributed by atoms with E-state index in [1.54, 1.807) is 23.3 Å². The quantitative estimate of drug-likeness (QED) is 0.618. The highest BCUT2D eigenvalue weighted by Gasteiger charge is 2.27. The molecule has 0 bridgehead atoms. The van der Waals surface area contributed by atoms with E-state index in [2.05, 4.69) is 33.3 Å². The molecule has 156 valence electrons. The molecule has 0 radical (unpaired) electrons. The number of carboxylic acid groups (broad SMARTS) is 1. The van der Waals surface area contributed by atoms with Crippen LogP contribution in [0.3, 0.4) is 0 Å². The monoisotopic (exact) mass is 406 g/mol. The van der Waals surface area contributed by atoms with E-state index in [1.807, 2.05) is 19.2 Å². The Morgan fingerprint density at radius 3 is 2.87 bits per heavy atom. The number of anilines is 1. The molecule has 0 fully saturated rings. The summed E-state index contributed by atoms with van der Waals surface area (Å²) in [6.07, 6.45) is 10.8. The molecule has 0 aromatic carbocycles. The van der Waals surface area contributed by atoms with Gasteiger partial charge >= 0.3 is 5.97 Å². The number of carbonyl (C=O) groups is 1. The fourth-order valence-electron chi connectivity index (χ4n) is 3.97. The predicted octanol–water partition coefficient (Wildman–Crippen LogP) is 3.49. The van der Waals surface area contributed by atoms with E-state index < -0.39 is 12.0 Å². The summed E-state index contributed by atoms with van der Waals surface area (Å²) in [5.74, 6) is 0.668. The van der Waals surface area contributed by atoms with Crippen LogP contribution in [0.15, 0.2) is 36.9 Å². The SMILES string of the molecule is CCCc1cn(C(CC(=O)O)c2cnc(C)nc2)nc1C1CCc2cccnc2N1. The van der Waals surface area contributed by atoms with E-state index in [4.69, 9.17) is 5.10 Å². The molecule has 4 heterocycles. The van der Waals surface area contributed by atoms with Gasteiger partial charge in [-0.2, -0.15) is 5.10 Å². The lowest BCUT2D eigenvalue weighted by atomic mass is 9.96.